The minimum atomic E-state index is -4.21. The third-order valence-electron chi connectivity index (χ3n) is 5.02. The van der Waals surface area contributed by atoms with E-state index in [0.29, 0.717) is 11.3 Å². The molecule has 0 spiro atoms. The van der Waals surface area contributed by atoms with Crippen molar-refractivity contribution in [2.45, 2.75) is 24.4 Å². The van der Waals surface area contributed by atoms with Gasteiger partial charge in [-0.25, -0.2) is 8.42 Å². The Morgan fingerprint density at radius 1 is 1.12 bits per heavy atom. The van der Waals surface area contributed by atoms with Crippen molar-refractivity contribution in [2.24, 2.45) is 0 Å². The molecular formula is C21H23N3O7S. The summed E-state index contributed by atoms with van der Waals surface area (Å²) in [6.07, 6.45) is 0. The maximum Gasteiger partial charge on any atom is 0.326 e. The van der Waals surface area contributed by atoms with Crippen molar-refractivity contribution >= 4 is 33.5 Å². The van der Waals surface area contributed by atoms with Crippen molar-refractivity contribution in [1.82, 2.24) is 9.62 Å². The number of aromatic hydroxyl groups is 1. The summed E-state index contributed by atoms with van der Waals surface area (Å²) in [4.78, 5) is 38.0. The van der Waals surface area contributed by atoms with Crippen molar-refractivity contribution in [1.29, 1.82) is 0 Å². The van der Waals surface area contributed by atoms with Crippen LogP contribution in [0.5, 0.6) is 5.75 Å². The third-order valence-corrected chi connectivity index (χ3v) is 6.89. The molecular weight excluding hydrogens is 438 g/mol. The van der Waals surface area contributed by atoms with Gasteiger partial charge in [0, 0.05) is 19.2 Å². The summed E-state index contributed by atoms with van der Waals surface area (Å²) < 4.78 is 32.8. The van der Waals surface area contributed by atoms with Crippen molar-refractivity contribution in [3.63, 3.8) is 0 Å². The van der Waals surface area contributed by atoms with Gasteiger partial charge in [0.1, 0.15) is 11.8 Å². The number of amides is 2. The minimum absolute atomic E-state index is 0.107. The Balaban J connectivity index is 2.09. The second-order valence-electron chi connectivity index (χ2n) is 7.13. The largest absolute Gasteiger partial charge is 0.508 e. The Labute approximate surface area is 185 Å². The minimum Gasteiger partial charge on any atom is -0.508 e. The predicted molar refractivity (Wildman–Crippen MR) is 114 cm³/mol. The van der Waals surface area contributed by atoms with E-state index in [1.54, 1.807) is 24.3 Å². The Morgan fingerprint density at radius 2 is 1.78 bits per heavy atom. The number of hydrogen-bond donors (Lipinski definition) is 2. The molecule has 1 heterocycles. The number of carbonyl (C=O) groups is 3. The average molecular weight is 461 g/mol. The molecule has 1 aliphatic rings. The molecule has 3 rings (SSSR count). The maximum atomic E-state index is 13.5. The van der Waals surface area contributed by atoms with Crippen LogP contribution >= 0.6 is 0 Å². The zero-order chi connectivity index (χ0) is 23.5. The van der Waals surface area contributed by atoms with E-state index in [0.717, 1.165) is 11.4 Å². The number of esters is 1. The van der Waals surface area contributed by atoms with Gasteiger partial charge in [0.2, 0.25) is 21.8 Å². The highest BCUT2D eigenvalue weighted by atomic mass is 32.2. The van der Waals surface area contributed by atoms with E-state index in [1.165, 1.54) is 36.1 Å². The normalized spacial score (nSPS) is 16.6. The molecule has 2 aromatic rings. The standard InChI is InChI=1S/C21H23N3O7S/c1-14(25)22-11-20(27)23-13-19(21(28)31-2)24(12-15-5-3-4-6-18(15)23)32(29,30)17-9-7-16(26)8-10-17/h3-10,19,26H,11-13H2,1-2H3,(H,22,25). The number of anilines is 1. The number of nitrogens with one attached hydrogen (secondary N) is 1. The molecule has 0 aliphatic carbocycles. The van der Waals surface area contributed by atoms with E-state index < -0.39 is 33.8 Å². The van der Waals surface area contributed by atoms with Crippen molar-refractivity contribution in [2.75, 3.05) is 25.1 Å². The number of sulfonamides is 1. The van der Waals surface area contributed by atoms with Crippen LogP contribution in [0.1, 0.15) is 12.5 Å². The van der Waals surface area contributed by atoms with Crippen molar-refractivity contribution in [3.8, 4) is 5.75 Å². The van der Waals surface area contributed by atoms with Gasteiger partial charge in [-0.05, 0) is 35.9 Å². The number of fused-ring (bicyclic) bond motifs is 1. The lowest BCUT2D eigenvalue weighted by Crippen LogP contribution is -2.51. The SMILES string of the molecule is COC(=O)C1CN(C(=O)CNC(C)=O)c2ccccc2CN1S(=O)(=O)c1ccc(O)cc1. The Hall–Kier alpha value is -3.44. The Morgan fingerprint density at radius 3 is 2.41 bits per heavy atom. The van der Waals surface area contributed by atoms with Crippen LogP contribution in [-0.2, 0) is 35.7 Å². The molecule has 0 radical (unpaired) electrons. The smallest absolute Gasteiger partial charge is 0.326 e. The topological polar surface area (TPSA) is 133 Å². The number of methoxy groups -OCH3 is 1. The van der Waals surface area contributed by atoms with Gasteiger partial charge in [0.15, 0.2) is 0 Å². The first-order valence-electron chi connectivity index (χ1n) is 9.66. The Kier molecular flexibility index (Phi) is 6.80. The molecule has 2 aromatic carbocycles. The summed E-state index contributed by atoms with van der Waals surface area (Å²) in [6.45, 7) is 0.456. The highest BCUT2D eigenvalue weighted by Crippen LogP contribution is 2.32. The van der Waals surface area contributed by atoms with Crippen LogP contribution in [0.3, 0.4) is 0 Å². The van der Waals surface area contributed by atoms with Crippen LogP contribution < -0.4 is 10.2 Å². The molecule has 170 valence electrons. The first-order chi connectivity index (χ1) is 15.1. The number of benzene rings is 2. The fourth-order valence-corrected chi connectivity index (χ4v) is 4.96. The van der Waals surface area contributed by atoms with Gasteiger partial charge in [-0.3, -0.25) is 14.4 Å². The summed E-state index contributed by atoms with van der Waals surface area (Å²) in [5, 5.41) is 11.9. The monoisotopic (exact) mass is 461 g/mol. The van der Waals surface area contributed by atoms with Crippen LogP contribution in [0, 0.1) is 0 Å². The summed E-state index contributed by atoms with van der Waals surface area (Å²) in [7, 11) is -3.08. The quantitative estimate of drug-likeness (QED) is 0.623. The molecule has 0 fully saturated rings. The highest BCUT2D eigenvalue weighted by molar-refractivity contribution is 7.89. The van der Waals surface area contributed by atoms with E-state index in [9.17, 15) is 27.9 Å². The lowest BCUT2D eigenvalue weighted by Gasteiger charge is -2.29. The molecule has 11 heteroatoms. The molecule has 1 atom stereocenters. The maximum absolute atomic E-state index is 13.5. The molecule has 32 heavy (non-hydrogen) atoms. The van der Waals surface area contributed by atoms with Crippen LogP contribution in [0.2, 0.25) is 0 Å². The lowest BCUT2D eigenvalue weighted by atomic mass is 10.1. The predicted octanol–water partition coefficient (Wildman–Crippen LogP) is 0.607. The highest BCUT2D eigenvalue weighted by Gasteiger charge is 2.42. The summed E-state index contributed by atoms with van der Waals surface area (Å²) in [6, 6.07) is 10.3. The number of ether oxygens (including phenoxy) is 1. The molecule has 0 saturated heterocycles. The second-order valence-corrected chi connectivity index (χ2v) is 9.02. The third kappa shape index (κ3) is 4.73. The van der Waals surface area contributed by atoms with Gasteiger partial charge in [-0.2, -0.15) is 4.31 Å². The van der Waals surface area contributed by atoms with E-state index >= 15 is 0 Å². The van der Waals surface area contributed by atoms with E-state index in [-0.39, 0.29) is 30.3 Å². The van der Waals surface area contributed by atoms with Gasteiger partial charge in [-0.1, -0.05) is 18.2 Å². The molecule has 0 aromatic heterocycles. The summed E-state index contributed by atoms with van der Waals surface area (Å²) >= 11 is 0. The molecule has 10 nitrogen and oxygen atoms in total. The molecule has 0 saturated carbocycles. The Bertz CT molecular complexity index is 1130. The molecule has 2 N–H and O–H groups in total. The second kappa shape index (κ2) is 9.37. The van der Waals surface area contributed by atoms with Crippen LogP contribution in [0.15, 0.2) is 53.4 Å². The number of hydrogen-bond acceptors (Lipinski definition) is 7. The van der Waals surface area contributed by atoms with Gasteiger partial charge < -0.3 is 20.1 Å². The van der Waals surface area contributed by atoms with Gasteiger partial charge in [-0.15, -0.1) is 0 Å². The van der Waals surface area contributed by atoms with E-state index in [1.807, 2.05) is 0 Å². The fourth-order valence-electron chi connectivity index (χ4n) is 3.41. The van der Waals surface area contributed by atoms with Gasteiger partial charge in [0.05, 0.1) is 25.1 Å². The van der Waals surface area contributed by atoms with Crippen LogP contribution in [-0.4, -0.2) is 61.9 Å². The fraction of sp³-hybridized carbons (Fsp3) is 0.286. The summed E-state index contributed by atoms with van der Waals surface area (Å²) in [5.74, 6) is -1.85. The van der Waals surface area contributed by atoms with E-state index in [4.69, 9.17) is 4.74 Å². The first kappa shape index (κ1) is 23.2. The number of rotatable bonds is 5. The zero-order valence-corrected chi connectivity index (χ0v) is 18.3. The first-order valence-corrected chi connectivity index (χ1v) is 11.1. The molecule has 1 aliphatic heterocycles. The number of phenols is 1. The van der Waals surface area contributed by atoms with Crippen LogP contribution in [0.4, 0.5) is 5.69 Å². The molecule has 0 bridgehead atoms. The average Bonchev–Trinajstić information content (AvgIpc) is 2.95. The zero-order valence-electron chi connectivity index (χ0n) is 17.5. The number of phenolic OH excluding ortho intramolecular Hbond substituents is 1. The van der Waals surface area contributed by atoms with E-state index in [2.05, 4.69) is 5.32 Å². The molecule has 2 amide bonds. The number of para-hydroxylation sites is 1. The van der Waals surface area contributed by atoms with Gasteiger partial charge >= 0.3 is 5.97 Å². The van der Waals surface area contributed by atoms with Crippen molar-refractivity contribution in [3.05, 3.63) is 54.1 Å². The molecule has 1 unspecified atom stereocenters. The number of nitrogens with zero attached hydrogens (tertiary/aromatic N) is 2. The summed E-state index contributed by atoms with van der Waals surface area (Å²) in [5.41, 5.74) is 0.928. The van der Waals surface area contributed by atoms with Crippen LogP contribution in [0.25, 0.3) is 0 Å². The van der Waals surface area contributed by atoms with Gasteiger partial charge in [0.25, 0.3) is 0 Å². The number of carbonyl (C=O) groups excluding carboxylic acids is 3. The lowest BCUT2D eigenvalue weighted by molar-refractivity contribution is -0.145. The van der Waals surface area contributed by atoms with Crippen molar-refractivity contribution < 1.29 is 32.6 Å².